The number of hydrogen-bond acceptors (Lipinski definition) is 3. The molecule has 5 heteroatoms. The SMILES string of the molecule is O=C1CCC(C(=O)N(CCc2ccccc2)Cc2ccccc2)=NN1. The second-order valence-corrected chi connectivity index (χ2v) is 6.04. The fourth-order valence-corrected chi connectivity index (χ4v) is 2.78. The average molecular weight is 335 g/mol. The normalized spacial score (nSPS) is 13.8. The van der Waals surface area contributed by atoms with Crippen molar-refractivity contribution < 1.29 is 9.59 Å². The Morgan fingerprint density at radius 2 is 1.60 bits per heavy atom. The van der Waals surface area contributed by atoms with Crippen LogP contribution in [0.2, 0.25) is 0 Å². The molecule has 0 atom stereocenters. The molecule has 128 valence electrons. The monoisotopic (exact) mass is 335 g/mol. The molecule has 3 rings (SSSR count). The van der Waals surface area contributed by atoms with Crippen LogP contribution in [0.3, 0.4) is 0 Å². The zero-order valence-electron chi connectivity index (χ0n) is 14.0. The number of nitrogens with one attached hydrogen (secondary N) is 1. The first-order chi connectivity index (χ1) is 12.2. The van der Waals surface area contributed by atoms with Crippen molar-refractivity contribution >= 4 is 17.5 Å². The molecule has 0 saturated carbocycles. The summed E-state index contributed by atoms with van der Waals surface area (Å²) >= 11 is 0. The average Bonchev–Trinajstić information content (AvgIpc) is 2.67. The second-order valence-electron chi connectivity index (χ2n) is 6.04. The lowest BCUT2D eigenvalue weighted by Gasteiger charge is -2.24. The third-order valence-corrected chi connectivity index (χ3v) is 4.17. The van der Waals surface area contributed by atoms with Crippen molar-refractivity contribution in [1.82, 2.24) is 10.3 Å². The Morgan fingerprint density at radius 1 is 0.960 bits per heavy atom. The van der Waals surface area contributed by atoms with Crippen LogP contribution < -0.4 is 5.43 Å². The molecule has 2 aromatic rings. The first-order valence-corrected chi connectivity index (χ1v) is 8.45. The zero-order chi connectivity index (χ0) is 17.5. The fraction of sp³-hybridized carbons (Fsp3) is 0.250. The summed E-state index contributed by atoms with van der Waals surface area (Å²) in [4.78, 5) is 25.9. The van der Waals surface area contributed by atoms with Crippen molar-refractivity contribution in [2.45, 2.75) is 25.8 Å². The van der Waals surface area contributed by atoms with Gasteiger partial charge in [-0.05, 0) is 17.5 Å². The van der Waals surface area contributed by atoms with Gasteiger partial charge in [-0.3, -0.25) is 9.59 Å². The molecule has 0 unspecified atom stereocenters. The number of hydrogen-bond donors (Lipinski definition) is 1. The van der Waals surface area contributed by atoms with Crippen molar-refractivity contribution in [3.8, 4) is 0 Å². The highest BCUT2D eigenvalue weighted by molar-refractivity contribution is 6.39. The van der Waals surface area contributed by atoms with Gasteiger partial charge < -0.3 is 4.90 Å². The Kier molecular flexibility index (Phi) is 5.57. The van der Waals surface area contributed by atoms with Crippen LogP contribution in [-0.4, -0.2) is 29.0 Å². The van der Waals surface area contributed by atoms with Gasteiger partial charge in [0.2, 0.25) is 5.91 Å². The summed E-state index contributed by atoms with van der Waals surface area (Å²) in [5.41, 5.74) is 5.09. The van der Waals surface area contributed by atoms with Gasteiger partial charge in [-0.2, -0.15) is 5.10 Å². The molecule has 0 spiro atoms. The summed E-state index contributed by atoms with van der Waals surface area (Å²) in [5.74, 6) is -0.254. The predicted octanol–water partition coefficient (Wildman–Crippen LogP) is 2.52. The third-order valence-electron chi connectivity index (χ3n) is 4.17. The first kappa shape index (κ1) is 16.9. The molecule has 25 heavy (non-hydrogen) atoms. The van der Waals surface area contributed by atoms with Crippen LogP contribution in [0.15, 0.2) is 65.8 Å². The van der Waals surface area contributed by atoms with Crippen molar-refractivity contribution in [1.29, 1.82) is 0 Å². The minimum absolute atomic E-state index is 0.111. The van der Waals surface area contributed by atoms with Gasteiger partial charge in [-0.1, -0.05) is 60.7 Å². The maximum absolute atomic E-state index is 12.9. The van der Waals surface area contributed by atoms with Gasteiger partial charge in [0.25, 0.3) is 5.91 Å². The molecule has 1 heterocycles. The molecular weight excluding hydrogens is 314 g/mol. The van der Waals surface area contributed by atoms with E-state index in [0.717, 1.165) is 12.0 Å². The molecule has 5 nitrogen and oxygen atoms in total. The zero-order valence-corrected chi connectivity index (χ0v) is 14.0. The molecule has 0 saturated heterocycles. The summed E-state index contributed by atoms with van der Waals surface area (Å²) in [6.45, 7) is 1.13. The summed E-state index contributed by atoms with van der Waals surface area (Å²) in [6, 6.07) is 20.0. The van der Waals surface area contributed by atoms with Gasteiger partial charge in [-0.25, -0.2) is 5.43 Å². The number of benzene rings is 2. The Bertz CT molecular complexity index is 757. The highest BCUT2D eigenvalue weighted by Crippen LogP contribution is 2.11. The Hall–Kier alpha value is -2.95. The quantitative estimate of drug-likeness (QED) is 0.882. The Labute approximate surface area is 147 Å². The van der Waals surface area contributed by atoms with Gasteiger partial charge in [-0.15, -0.1) is 0 Å². The lowest BCUT2D eigenvalue weighted by molar-refractivity contribution is -0.125. The van der Waals surface area contributed by atoms with Gasteiger partial charge in [0.15, 0.2) is 0 Å². The molecule has 2 amide bonds. The molecule has 0 radical (unpaired) electrons. The van der Waals surface area contributed by atoms with Gasteiger partial charge in [0.1, 0.15) is 5.71 Å². The largest absolute Gasteiger partial charge is 0.333 e. The highest BCUT2D eigenvalue weighted by Gasteiger charge is 2.23. The maximum Gasteiger partial charge on any atom is 0.270 e. The van der Waals surface area contributed by atoms with Gasteiger partial charge in [0, 0.05) is 25.9 Å². The number of nitrogens with zero attached hydrogens (tertiary/aromatic N) is 2. The van der Waals surface area contributed by atoms with E-state index < -0.39 is 0 Å². The standard InChI is InChI=1S/C20H21N3O2/c24-19-12-11-18(21-22-19)20(25)23(15-17-9-5-2-6-10-17)14-13-16-7-3-1-4-8-16/h1-10H,11-15H2,(H,22,24). The molecule has 2 aromatic carbocycles. The number of hydrazone groups is 1. The smallest absolute Gasteiger partial charge is 0.270 e. The highest BCUT2D eigenvalue weighted by atomic mass is 16.2. The first-order valence-electron chi connectivity index (χ1n) is 8.45. The van der Waals surface area contributed by atoms with E-state index in [9.17, 15) is 9.59 Å². The van der Waals surface area contributed by atoms with Gasteiger partial charge >= 0.3 is 0 Å². The van der Waals surface area contributed by atoms with Crippen LogP contribution >= 0.6 is 0 Å². The van der Waals surface area contributed by atoms with E-state index in [-0.39, 0.29) is 11.8 Å². The summed E-state index contributed by atoms with van der Waals surface area (Å²) in [6.07, 6.45) is 1.47. The van der Waals surface area contributed by atoms with Crippen molar-refractivity contribution in [2.75, 3.05) is 6.54 Å². The molecule has 0 aliphatic carbocycles. The fourth-order valence-electron chi connectivity index (χ4n) is 2.78. The molecule has 0 aromatic heterocycles. The van der Waals surface area contributed by atoms with Crippen LogP contribution in [0, 0.1) is 0 Å². The van der Waals surface area contributed by atoms with E-state index in [1.54, 1.807) is 4.90 Å². The number of amides is 2. The maximum atomic E-state index is 12.9. The van der Waals surface area contributed by atoms with Crippen molar-refractivity contribution in [3.63, 3.8) is 0 Å². The summed E-state index contributed by atoms with van der Waals surface area (Å²) < 4.78 is 0. The number of carbonyl (C=O) groups excluding carboxylic acids is 2. The minimum atomic E-state index is -0.143. The van der Waals surface area contributed by atoms with E-state index in [4.69, 9.17) is 0 Å². The number of rotatable bonds is 6. The summed E-state index contributed by atoms with van der Waals surface area (Å²) in [7, 11) is 0. The van der Waals surface area contributed by atoms with E-state index in [1.807, 2.05) is 48.5 Å². The molecule has 1 N–H and O–H groups in total. The molecular formula is C20H21N3O2. The van der Waals surface area contributed by atoms with E-state index in [2.05, 4.69) is 22.7 Å². The van der Waals surface area contributed by atoms with E-state index >= 15 is 0 Å². The van der Waals surface area contributed by atoms with E-state index in [1.165, 1.54) is 5.56 Å². The van der Waals surface area contributed by atoms with Crippen LogP contribution in [-0.2, 0) is 22.6 Å². The summed E-state index contributed by atoms with van der Waals surface area (Å²) in [5, 5.41) is 3.95. The lowest BCUT2D eigenvalue weighted by atomic mass is 10.1. The third kappa shape index (κ3) is 4.76. The Balaban J connectivity index is 1.73. The topological polar surface area (TPSA) is 61.8 Å². The minimum Gasteiger partial charge on any atom is -0.333 e. The molecule has 0 bridgehead atoms. The Morgan fingerprint density at radius 3 is 2.20 bits per heavy atom. The molecule has 1 aliphatic heterocycles. The predicted molar refractivity (Wildman–Crippen MR) is 96.8 cm³/mol. The van der Waals surface area contributed by atoms with Crippen LogP contribution in [0.1, 0.15) is 24.0 Å². The lowest BCUT2D eigenvalue weighted by Crippen LogP contribution is -2.40. The van der Waals surface area contributed by atoms with Crippen molar-refractivity contribution in [2.24, 2.45) is 5.10 Å². The molecule has 0 fully saturated rings. The van der Waals surface area contributed by atoms with Crippen LogP contribution in [0.5, 0.6) is 0 Å². The van der Waals surface area contributed by atoms with Gasteiger partial charge in [0.05, 0.1) is 0 Å². The number of carbonyl (C=O) groups is 2. The molecule has 1 aliphatic rings. The van der Waals surface area contributed by atoms with Crippen molar-refractivity contribution in [3.05, 3.63) is 71.8 Å². The van der Waals surface area contributed by atoms with E-state index in [0.29, 0.717) is 31.6 Å². The second kappa shape index (κ2) is 8.24. The van der Waals surface area contributed by atoms with Crippen LogP contribution in [0.4, 0.5) is 0 Å². The van der Waals surface area contributed by atoms with Crippen LogP contribution in [0.25, 0.3) is 0 Å².